The maximum atomic E-state index is 12.8. The van der Waals surface area contributed by atoms with Crippen molar-refractivity contribution < 1.29 is 13.2 Å². The Morgan fingerprint density at radius 2 is 1.76 bits per heavy atom. The predicted octanol–water partition coefficient (Wildman–Crippen LogP) is 3.89. The van der Waals surface area contributed by atoms with E-state index in [4.69, 9.17) is 5.73 Å². The van der Waals surface area contributed by atoms with Crippen LogP contribution >= 0.6 is 11.3 Å². The van der Waals surface area contributed by atoms with E-state index in [1.165, 1.54) is 23.5 Å². The van der Waals surface area contributed by atoms with Crippen LogP contribution in [0.3, 0.4) is 0 Å². The van der Waals surface area contributed by atoms with Crippen molar-refractivity contribution in [1.82, 2.24) is 0 Å². The van der Waals surface area contributed by atoms with Crippen LogP contribution < -0.4 is 5.73 Å². The molecule has 0 fully saturated rings. The Labute approximate surface area is 101 Å². The van der Waals surface area contributed by atoms with Gasteiger partial charge in [0, 0.05) is 21.9 Å². The van der Waals surface area contributed by atoms with Crippen LogP contribution in [0.4, 0.5) is 13.2 Å². The monoisotopic (exact) mass is 257 g/mol. The molecule has 0 unspecified atom stereocenters. The van der Waals surface area contributed by atoms with Crippen LogP contribution in [0.25, 0.3) is 10.4 Å². The molecule has 0 radical (unpaired) electrons. The van der Waals surface area contributed by atoms with Crippen molar-refractivity contribution in [2.75, 3.05) is 0 Å². The molecule has 17 heavy (non-hydrogen) atoms. The van der Waals surface area contributed by atoms with Crippen molar-refractivity contribution in [2.24, 2.45) is 5.73 Å². The van der Waals surface area contributed by atoms with Gasteiger partial charge in [-0.1, -0.05) is 18.2 Å². The van der Waals surface area contributed by atoms with E-state index in [0.29, 0.717) is 11.4 Å². The van der Waals surface area contributed by atoms with Crippen molar-refractivity contribution in [3.05, 3.63) is 46.8 Å². The molecule has 0 amide bonds. The topological polar surface area (TPSA) is 26.0 Å². The van der Waals surface area contributed by atoms with Crippen LogP contribution in [-0.4, -0.2) is 0 Å². The lowest BCUT2D eigenvalue weighted by atomic mass is 10.1. The molecular weight excluding hydrogens is 247 g/mol. The zero-order chi connectivity index (χ0) is 12.5. The predicted molar refractivity (Wildman–Crippen MR) is 62.6 cm³/mol. The second-order valence-corrected chi connectivity index (χ2v) is 4.68. The molecule has 1 nitrogen and oxygen atoms in total. The molecule has 0 bridgehead atoms. The number of thiophene rings is 1. The summed E-state index contributed by atoms with van der Waals surface area (Å²) in [5, 5.41) is 0. The molecule has 0 atom stereocenters. The van der Waals surface area contributed by atoms with Crippen LogP contribution in [0.15, 0.2) is 36.4 Å². The van der Waals surface area contributed by atoms with Crippen LogP contribution in [0.5, 0.6) is 0 Å². The SMILES string of the molecule is NCc1ccc(-c2ccccc2C(F)(F)F)s1. The molecule has 2 aromatic rings. The quantitative estimate of drug-likeness (QED) is 0.867. The number of hydrogen-bond acceptors (Lipinski definition) is 2. The molecule has 1 heterocycles. The van der Waals surface area contributed by atoms with Gasteiger partial charge in [-0.2, -0.15) is 13.2 Å². The summed E-state index contributed by atoms with van der Waals surface area (Å²) in [5.41, 5.74) is 5.06. The third-order valence-electron chi connectivity index (χ3n) is 2.36. The maximum Gasteiger partial charge on any atom is 0.417 e. The van der Waals surface area contributed by atoms with Gasteiger partial charge in [-0.25, -0.2) is 0 Å². The summed E-state index contributed by atoms with van der Waals surface area (Å²) in [4.78, 5) is 1.47. The first kappa shape index (κ1) is 12.1. The summed E-state index contributed by atoms with van der Waals surface area (Å²) in [6, 6.07) is 9.01. The smallest absolute Gasteiger partial charge is 0.326 e. The van der Waals surface area contributed by atoms with E-state index in [1.54, 1.807) is 18.2 Å². The highest BCUT2D eigenvalue weighted by Gasteiger charge is 2.33. The molecule has 0 spiro atoms. The third-order valence-corrected chi connectivity index (χ3v) is 3.50. The molecule has 0 saturated carbocycles. The molecule has 0 aliphatic heterocycles. The largest absolute Gasteiger partial charge is 0.417 e. The lowest BCUT2D eigenvalue weighted by Crippen LogP contribution is -2.06. The van der Waals surface area contributed by atoms with E-state index in [-0.39, 0.29) is 5.56 Å². The van der Waals surface area contributed by atoms with Gasteiger partial charge in [-0.05, 0) is 18.2 Å². The second-order valence-electron chi connectivity index (χ2n) is 3.51. The molecule has 0 aliphatic carbocycles. The maximum absolute atomic E-state index is 12.8. The van der Waals surface area contributed by atoms with Crippen LogP contribution in [0.1, 0.15) is 10.4 Å². The molecule has 2 N–H and O–H groups in total. The number of nitrogens with two attached hydrogens (primary N) is 1. The second kappa shape index (κ2) is 4.50. The lowest BCUT2D eigenvalue weighted by Gasteiger charge is -2.11. The van der Waals surface area contributed by atoms with Crippen LogP contribution in [0, 0.1) is 0 Å². The standard InChI is InChI=1S/C12H10F3NS/c13-12(14,15)10-4-2-1-3-9(10)11-6-5-8(7-16)17-11/h1-6H,7,16H2. The fraction of sp³-hybridized carbons (Fsp3) is 0.167. The van der Waals surface area contributed by atoms with Gasteiger partial charge in [0.05, 0.1) is 5.56 Å². The summed E-state index contributed by atoms with van der Waals surface area (Å²) in [7, 11) is 0. The van der Waals surface area contributed by atoms with Gasteiger partial charge in [-0.15, -0.1) is 11.3 Å². The van der Waals surface area contributed by atoms with Gasteiger partial charge < -0.3 is 5.73 Å². The lowest BCUT2D eigenvalue weighted by molar-refractivity contribution is -0.137. The highest BCUT2D eigenvalue weighted by molar-refractivity contribution is 7.15. The third kappa shape index (κ3) is 2.50. The van der Waals surface area contributed by atoms with Crippen LogP contribution in [0.2, 0.25) is 0 Å². The van der Waals surface area contributed by atoms with Gasteiger partial charge in [0.15, 0.2) is 0 Å². The van der Waals surface area contributed by atoms with Gasteiger partial charge in [-0.3, -0.25) is 0 Å². The van der Waals surface area contributed by atoms with E-state index in [9.17, 15) is 13.2 Å². The Bertz CT molecular complexity index is 516. The van der Waals surface area contributed by atoms with Crippen molar-refractivity contribution in [1.29, 1.82) is 0 Å². The first-order valence-corrected chi connectivity index (χ1v) is 5.79. The van der Waals surface area contributed by atoms with E-state index in [1.807, 2.05) is 0 Å². The minimum Gasteiger partial charge on any atom is -0.326 e. The average molecular weight is 257 g/mol. The molecule has 90 valence electrons. The Morgan fingerprint density at radius 3 is 2.35 bits per heavy atom. The van der Waals surface area contributed by atoms with Gasteiger partial charge >= 0.3 is 6.18 Å². The van der Waals surface area contributed by atoms with Gasteiger partial charge in [0.25, 0.3) is 0 Å². The Kier molecular flexibility index (Phi) is 3.22. The van der Waals surface area contributed by atoms with Gasteiger partial charge in [0.1, 0.15) is 0 Å². The van der Waals surface area contributed by atoms with E-state index in [2.05, 4.69) is 0 Å². The Hall–Kier alpha value is -1.33. The molecule has 0 aliphatic rings. The minimum atomic E-state index is -4.33. The summed E-state index contributed by atoms with van der Waals surface area (Å²) >= 11 is 1.29. The zero-order valence-electron chi connectivity index (χ0n) is 8.79. The molecule has 2 rings (SSSR count). The first-order chi connectivity index (χ1) is 8.02. The number of alkyl halides is 3. The number of hydrogen-bond donors (Lipinski definition) is 1. The average Bonchev–Trinajstić information content (AvgIpc) is 2.76. The Morgan fingerprint density at radius 1 is 1.06 bits per heavy atom. The van der Waals surface area contributed by atoms with E-state index >= 15 is 0 Å². The molecule has 1 aromatic carbocycles. The molecule has 0 saturated heterocycles. The Balaban J connectivity index is 2.52. The van der Waals surface area contributed by atoms with Crippen molar-refractivity contribution in [3.8, 4) is 10.4 Å². The zero-order valence-corrected chi connectivity index (χ0v) is 9.61. The van der Waals surface area contributed by atoms with Crippen molar-refractivity contribution in [2.45, 2.75) is 12.7 Å². The number of benzene rings is 1. The van der Waals surface area contributed by atoms with Crippen molar-refractivity contribution in [3.63, 3.8) is 0 Å². The first-order valence-electron chi connectivity index (χ1n) is 4.98. The summed E-state index contributed by atoms with van der Waals surface area (Å²) < 4.78 is 38.4. The molecular formula is C12H10F3NS. The molecule has 5 heteroatoms. The number of halogens is 3. The highest BCUT2D eigenvalue weighted by atomic mass is 32.1. The fourth-order valence-electron chi connectivity index (χ4n) is 1.58. The minimum absolute atomic E-state index is 0.213. The molecule has 1 aromatic heterocycles. The fourth-order valence-corrected chi connectivity index (χ4v) is 2.50. The highest BCUT2D eigenvalue weighted by Crippen LogP contribution is 2.39. The van der Waals surface area contributed by atoms with Crippen molar-refractivity contribution >= 4 is 11.3 Å². The van der Waals surface area contributed by atoms with E-state index < -0.39 is 11.7 Å². The number of rotatable bonds is 2. The summed E-state index contributed by atoms with van der Waals surface area (Å²) in [6.45, 7) is 0.346. The normalized spacial score (nSPS) is 11.8. The summed E-state index contributed by atoms with van der Waals surface area (Å²) in [6.07, 6.45) is -4.33. The summed E-state index contributed by atoms with van der Waals surface area (Å²) in [5.74, 6) is 0. The van der Waals surface area contributed by atoms with Gasteiger partial charge in [0.2, 0.25) is 0 Å². The van der Waals surface area contributed by atoms with E-state index in [0.717, 1.165) is 10.9 Å². The van der Waals surface area contributed by atoms with Crippen LogP contribution in [-0.2, 0) is 12.7 Å².